The monoisotopic (exact) mass is 130 g/mol. The Kier molecular flexibility index (Phi) is 1.21. The van der Waals surface area contributed by atoms with E-state index in [0.717, 1.165) is 6.42 Å². The van der Waals surface area contributed by atoms with E-state index in [1.54, 1.807) is 0 Å². The molecule has 0 spiro atoms. The summed E-state index contributed by atoms with van der Waals surface area (Å²) in [7, 11) is 0. The van der Waals surface area contributed by atoms with Crippen molar-refractivity contribution in [3.05, 3.63) is 42.1 Å². The van der Waals surface area contributed by atoms with Crippen LogP contribution >= 0.6 is 0 Å². The van der Waals surface area contributed by atoms with Gasteiger partial charge in [0.1, 0.15) is 0 Å². The van der Waals surface area contributed by atoms with Crippen LogP contribution < -0.4 is 5.32 Å². The number of allylic oxidation sites excluding steroid dienone is 1. The van der Waals surface area contributed by atoms with E-state index in [9.17, 15) is 0 Å². The molecule has 1 aliphatic rings. The lowest BCUT2D eigenvalue weighted by Crippen LogP contribution is -1.98. The number of benzene rings is 1. The molecule has 1 heteroatoms. The summed E-state index contributed by atoms with van der Waals surface area (Å²) in [6.07, 6.45) is 5.07. The Morgan fingerprint density at radius 3 is 3.40 bits per heavy atom. The summed E-state index contributed by atoms with van der Waals surface area (Å²) in [5, 5.41) is 3.15. The third-order valence-corrected chi connectivity index (χ3v) is 1.62. The summed E-state index contributed by atoms with van der Waals surface area (Å²) in [6.45, 7) is 0. The molecule has 0 aliphatic carbocycles. The predicted molar refractivity (Wildman–Crippen MR) is 41.7 cm³/mol. The van der Waals surface area contributed by atoms with Crippen LogP contribution in [0.4, 0.5) is 5.69 Å². The van der Waals surface area contributed by atoms with Crippen LogP contribution in [0.1, 0.15) is 5.56 Å². The Morgan fingerprint density at radius 1 is 1.50 bits per heavy atom. The van der Waals surface area contributed by atoms with E-state index in [-0.39, 0.29) is 0 Å². The minimum atomic E-state index is 1.00. The van der Waals surface area contributed by atoms with E-state index < -0.39 is 0 Å². The van der Waals surface area contributed by atoms with Crippen molar-refractivity contribution in [2.45, 2.75) is 6.42 Å². The first-order chi connectivity index (χ1) is 4.97. The van der Waals surface area contributed by atoms with Crippen molar-refractivity contribution in [2.24, 2.45) is 0 Å². The third-order valence-electron chi connectivity index (χ3n) is 1.62. The molecule has 0 fully saturated rings. The maximum atomic E-state index is 3.18. The zero-order chi connectivity index (χ0) is 6.81. The second-order valence-corrected chi connectivity index (χ2v) is 2.31. The van der Waals surface area contributed by atoms with Gasteiger partial charge in [-0.05, 0) is 30.3 Å². The van der Waals surface area contributed by atoms with Gasteiger partial charge < -0.3 is 5.32 Å². The summed E-state index contributed by atoms with van der Waals surface area (Å²) >= 11 is 0. The summed E-state index contributed by atoms with van der Waals surface area (Å²) < 4.78 is 0. The maximum absolute atomic E-state index is 3.18. The van der Waals surface area contributed by atoms with E-state index in [2.05, 4.69) is 23.5 Å². The van der Waals surface area contributed by atoms with Gasteiger partial charge in [-0.25, -0.2) is 0 Å². The molecule has 1 radical (unpaired) electrons. The number of anilines is 1. The van der Waals surface area contributed by atoms with Crippen molar-refractivity contribution >= 4 is 5.69 Å². The summed E-state index contributed by atoms with van der Waals surface area (Å²) in [4.78, 5) is 0. The fourth-order valence-electron chi connectivity index (χ4n) is 1.10. The van der Waals surface area contributed by atoms with Crippen molar-refractivity contribution in [3.63, 3.8) is 0 Å². The van der Waals surface area contributed by atoms with E-state index in [0.29, 0.717) is 0 Å². The van der Waals surface area contributed by atoms with Gasteiger partial charge in [-0.15, -0.1) is 0 Å². The van der Waals surface area contributed by atoms with Crippen molar-refractivity contribution in [1.29, 1.82) is 0 Å². The topological polar surface area (TPSA) is 12.0 Å². The van der Waals surface area contributed by atoms with Crippen molar-refractivity contribution in [2.75, 3.05) is 5.32 Å². The summed E-state index contributed by atoms with van der Waals surface area (Å²) in [5.74, 6) is 0. The second kappa shape index (κ2) is 2.18. The molecule has 0 amide bonds. The highest BCUT2D eigenvalue weighted by molar-refractivity contribution is 5.55. The van der Waals surface area contributed by atoms with Crippen molar-refractivity contribution in [1.82, 2.24) is 0 Å². The average Bonchev–Trinajstić information content (AvgIpc) is 2.05. The lowest BCUT2D eigenvalue weighted by Gasteiger charge is -2.10. The Hall–Kier alpha value is -1.24. The molecule has 0 atom stereocenters. The minimum Gasteiger partial charge on any atom is -0.362 e. The molecule has 49 valence electrons. The molecule has 10 heavy (non-hydrogen) atoms. The molecule has 0 saturated heterocycles. The Balaban J connectivity index is 2.47. The van der Waals surface area contributed by atoms with Gasteiger partial charge in [-0.2, -0.15) is 0 Å². The van der Waals surface area contributed by atoms with Gasteiger partial charge >= 0.3 is 0 Å². The minimum absolute atomic E-state index is 1.00. The fourth-order valence-corrected chi connectivity index (χ4v) is 1.10. The number of fused-ring (bicyclic) bond motifs is 1. The SMILES string of the molecule is [c]1cccc2c1CC=CN2. The van der Waals surface area contributed by atoms with Crippen LogP contribution in [0.25, 0.3) is 0 Å². The highest BCUT2D eigenvalue weighted by atomic mass is 14.8. The summed E-state index contributed by atoms with van der Waals surface area (Å²) in [6, 6.07) is 9.18. The fraction of sp³-hybridized carbons (Fsp3) is 0.111. The third kappa shape index (κ3) is 0.798. The highest BCUT2D eigenvalue weighted by Crippen LogP contribution is 2.18. The van der Waals surface area contributed by atoms with Crippen LogP contribution in [0.3, 0.4) is 0 Å². The molecule has 1 aromatic carbocycles. The number of hydrogen-bond donors (Lipinski definition) is 1. The van der Waals surface area contributed by atoms with Crippen LogP contribution in [0, 0.1) is 6.07 Å². The summed E-state index contributed by atoms with van der Waals surface area (Å²) in [5.41, 5.74) is 2.44. The van der Waals surface area contributed by atoms with Crippen LogP contribution in [0.2, 0.25) is 0 Å². The Morgan fingerprint density at radius 2 is 2.50 bits per heavy atom. The van der Waals surface area contributed by atoms with Gasteiger partial charge in [0.2, 0.25) is 0 Å². The first kappa shape index (κ1) is 5.54. The van der Waals surface area contributed by atoms with E-state index in [1.807, 2.05) is 18.3 Å². The zero-order valence-electron chi connectivity index (χ0n) is 5.59. The largest absolute Gasteiger partial charge is 0.362 e. The van der Waals surface area contributed by atoms with Gasteiger partial charge in [0, 0.05) is 5.69 Å². The lowest BCUT2D eigenvalue weighted by atomic mass is 10.1. The smallest absolute Gasteiger partial charge is 0.0421 e. The predicted octanol–water partition coefficient (Wildman–Crippen LogP) is 1.97. The quantitative estimate of drug-likeness (QED) is 0.566. The molecule has 0 unspecified atom stereocenters. The van der Waals surface area contributed by atoms with E-state index in [1.165, 1.54) is 11.3 Å². The van der Waals surface area contributed by atoms with Crippen LogP contribution in [-0.2, 0) is 6.42 Å². The van der Waals surface area contributed by atoms with Crippen LogP contribution in [0.5, 0.6) is 0 Å². The van der Waals surface area contributed by atoms with E-state index >= 15 is 0 Å². The number of rotatable bonds is 0. The van der Waals surface area contributed by atoms with E-state index in [4.69, 9.17) is 0 Å². The molecule has 0 saturated carbocycles. The van der Waals surface area contributed by atoms with Gasteiger partial charge in [0.05, 0.1) is 0 Å². The molecule has 2 rings (SSSR count). The molecule has 1 N–H and O–H groups in total. The molecular weight excluding hydrogens is 122 g/mol. The highest BCUT2D eigenvalue weighted by Gasteiger charge is 2.00. The Labute approximate surface area is 60.4 Å². The average molecular weight is 130 g/mol. The molecule has 0 bridgehead atoms. The van der Waals surface area contributed by atoms with Crippen LogP contribution in [0.15, 0.2) is 30.5 Å². The van der Waals surface area contributed by atoms with Gasteiger partial charge in [0.15, 0.2) is 0 Å². The maximum Gasteiger partial charge on any atom is 0.0421 e. The van der Waals surface area contributed by atoms with Gasteiger partial charge in [-0.1, -0.05) is 18.2 Å². The lowest BCUT2D eigenvalue weighted by molar-refractivity contribution is 1.22. The van der Waals surface area contributed by atoms with Crippen molar-refractivity contribution < 1.29 is 0 Å². The van der Waals surface area contributed by atoms with Crippen LogP contribution in [-0.4, -0.2) is 0 Å². The number of hydrogen-bond acceptors (Lipinski definition) is 1. The second-order valence-electron chi connectivity index (χ2n) is 2.31. The molecule has 1 heterocycles. The Bertz CT molecular complexity index is 236. The molecule has 1 nitrogen and oxygen atoms in total. The normalized spacial score (nSPS) is 14.0. The number of nitrogens with one attached hydrogen (secondary N) is 1. The first-order valence-corrected chi connectivity index (χ1v) is 3.38. The molecular formula is C9H8N. The molecule has 0 aromatic heterocycles. The molecule has 1 aliphatic heterocycles. The van der Waals surface area contributed by atoms with Crippen molar-refractivity contribution in [3.8, 4) is 0 Å². The first-order valence-electron chi connectivity index (χ1n) is 3.38. The molecule has 1 aromatic rings. The van der Waals surface area contributed by atoms with Gasteiger partial charge in [-0.3, -0.25) is 0 Å². The zero-order valence-corrected chi connectivity index (χ0v) is 5.59. The standard InChI is InChI=1S/C9H8N/c1-2-6-9-8(4-1)5-3-7-10-9/h1-3,6-7,10H,5H2. The van der Waals surface area contributed by atoms with Gasteiger partial charge in [0.25, 0.3) is 0 Å².